The molecule has 0 bridgehead atoms. The maximum atomic E-state index is 11.8. The van der Waals surface area contributed by atoms with Crippen LogP contribution in [0.3, 0.4) is 0 Å². The molecule has 1 amide bonds. The summed E-state index contributed by atoms with van der Waals surface area (Å²) in [6.45, 7) is 0.544. The zero-order valence-electron chi connectivity index (χ0n) is 9.43. The number of hydrogen-bond donors (Lipinski definition) is 2. The summed E-state index contributed by atoms with van der Waals surface area (Å²) in [5.41, 5.74) is 1.30. The summed E-state index contributed by atoms with van der Waals surface area (Å²) in [7, 11) is 1.81. The summed E-state index contributed by atoms with van der Waals surface area (Å²) >= 11 is 1.62. The van der Waals surface area contributed by atoms with Crippen LogP contribution in [0.15, 0.2) is 35.8 Å². The topological polar surface area (TPSA) is 54.0 Å². The minimum absolute atomic E-state index is 0.157. The van der Waals surface area contributed by atoms with Crippen LogP contribution in [0, 0.1) is 0 Å². The fraction of sp³-hybridized carbons (Fsp3) is 0.167. The predicted octanol–water partition coefficient (Wildman–Crippen LogP) is 2.11. The summed E-state index contributed by atoms with van der Waals surface area (Å²) in [4.78, 5) is 17.0. The molecular formula is C12H13N3OS. The van der Waals surface area contributed by atoms with E-state index >= 15 is 0 Å². The molecule has 0 aliphatic heterocycles. The standard InChI is InChI=1S/C12H13N3OS/c1-13-9-4-5-14-11(7-9)12(16)15-8-10-3-2-6-17-10/h2-7H,8H2,1H3,(H,13,14)(H,15,16). The largest absolute Gasteiger partial charge is 0.388 e. The molecule has 0 unspecified atom stereocenters. The van der Waals surface area contributed by atoms with E-state index in [4.69, 9.17) is 0 Å². The Morgan fingerprint density at radius 3 is 3.06 bits per heavy atom. The number of rotatable bonds is 4. The normalized spacial score (nSPS) is 9.94. The molecule has 0 aromatic carbocycles. The Morgan fingerprint density at radius 2 is 2.35 bits per heavy atom. The van der Waals surface area contributed by atoms with Crippen LogP contribution in [0.5, 0.6) is 0 Å². The molecule has 2 heterocycles. The quantitative estimate of drug-likeness (QED) is 0.870. The van der Waals surface area contributed by atoms with Gasteiger partial charge in [0.05, 0.1) is 6.54 Å². The monoisotopic (exact) mass is 247 g/mol. The Balaban J connectivity index is 1.99. The molecule has 0 saturated carbocycles. The van der Waals surface area contributed by atoms with Crippen LogP contribution >= 0.6 is 11.3 Å². The maximum absolute atomic E-state index is 11.8. The number of thiophene rings is 1. The molecule has 4 nitrogen and oxygen atoms in total. The fourth-order valence-corrected chi connectivity index (χ4v) is 2.03. The molecule has 5 heteroatoms. The van der Waals surface area contributed by atoms with Crippen molar-refractivity contribution in [3.8, 4) is 0 Å². The lowest BCUT2D eigenvalue weighted by Gasteiger charge is -2.04. The molecule has 0 fully saturated rings. The molecule has 0 radical (unpaired) electrons. The van der Waals surface area contributed by atoms with E-state index in [0.29, 0.717) is 12.2 Å². The van der Waals surface area contributed by atoms with Crippen molar-refractivity contribution < 1.29 is 4.79 Å². The van der Waals surface area contributed by atoms with E-state index in [-0.39, 0.29) is 5.91 Å². The second kappa shape index (κ2) is 5.45. The molecule has 2 N–H and O–H groups in total. The van der Waals surface area contributed by atoms with Crippen LogP contribution in [0.2, 0.25) is 0 Å². The first-order chi connectivity index (χ1) is 8.29. The summed E-state index contributed by atoms with van der Waals surface area (Å²) < 4.78 is 0. The highest BCUT2D eigenvalue weighted by atomic mass is 32.1. The number of pyridine rings is 1. The van der Waals surface area contributed by atoms with Gasteiger partial charge in [-0.1, -0.05) is 6.07 Å². The minimum Gasteiger partial charge on any atom is -0.388 e. The number of hydrogen-bond acceptors (Lipinski definition) is 4. The Morgan fingerprint density at radius 1 is 1.47 bits per heavy atom. The molecule has 0 spiro atoms. The Hall–Kier alpha value is -1.88. The highest BCUT2D eigenvalue weighted by molar-refractivity contribution is 7.09. The van der Waals surface area contributed by atoms with Crippen LogP contribution in [-0.4, -0.2) is 17.9 Å². The summed E-state index contributed by atoms with van der Waals surface area (Å²) in [5.74, 6) is -0.157. The number of anilines is 1. The van der Waals surface area contributed by atoms with Gasteiger partial charge in [-0.15, -0.1) is 11.3 Å². The van der Waals surface area contributed by atoms with Gasteiger partial charge in [-0.05, 0) is 23.6 Å². The fourth-order valence-electron chi connectivity index (χ4n) is 1.38. The number of nitrogens with one attached hydrogen (secondary N) is 2. The van der Waals surface area contributed by atoms with Crippen molar-refractivity contribution in [3.63, 3.8) is 0 Å². The maximum Gasteiger partial charge on any atom is 0.270 e. The van der Waals surface area contributed by atoms with E-state index in [1.165, 1.54) is 0 Å². The Labute approximate surface area is 104 Å². The average Bonchev–Trinajstić information content (AvgIpc) is 2.89. The van der Waals surface area contributed by atoms with Crippen molar-refractivity contribution in [2.75, 3.05) is 12.4 Å². The SMILES string of the molecule is CNc1ccnc(C(=O)NCc2cccs2)c1. The number of nitrogens with zero attached hydrogens (tertiary/aromatic N) is 1. The van der Waals surface area contributed by atoms with E-state index in [2.05, 4.69) is 15.6 Å². The lowest BCUT2D eigenvalue weighted by atomic mass is 10.3. The van der Waals surface area contributed by atoms with Gasteiger partial charge in [-0.2, -0.15) is 0 Å². The van der Waals surface area contributed by atoms with Gasteiger partial charge in [-0.3, -0.25) is 9.78 Å². The first-order valence-electron chi connectivity index (χ1n) is 5.24. The molecule has 0 atom stereocenters. The zero-order chi connectivity index (χ0) is 12.1. The van der Waals surface area contributed by atoms with Crippen LogP contribution in [0.4, 0.5) is 5.69 Å². The van der Waals surface area contributed by atoms with Gasteiger partial charge >= 0.3 is 0 Å². The van der Waals surface area contributed by atoms with Crippen molar-refractivity contribution in [1.82, 2.24) is 10.3 Å². The van der Waals surface area contributed by atoms with E-state index in [1.54, 1.807) is 23.6 Å². The number of aromatic nitrogens is 1. The van der Waals surface area contributed by atoms with Crippen molar-refractivity contribution in [3.05, 3.63) is 46.4 Å². The lowest BCUT2D eigenvalue weighted by Crippen LogP contribution is -2.23. The third kappa shape index (κ3) is 3.04. The van der Waals surface area contributed by atoms with Crippen molar-refractivity contribution in [2.45, 2.75) is 6.54 Å². The summed E-state index contributed by atoms with van der Waals surface area (Å²) in [6, 6.07) is 7.49. The second-order valence-electron chi connectivity index (χ2n) is 3.44. The Kier molecular flexibility index (Phi) is 3.72. The number of amides is 1. The summed E-state index contributed by atoms with van der Waals surface area (Å²) in [6.07, 6.45) is 1.62. The van der Waals surface area contributed by atoms with Gasteiger partial charge in [0.1, 0.15) is 5.69 Å². The first kappa shape index (κ1) is 11.6. The van der Waals surface area contributed by atoms with Gasteiger partial charge in [0.15, 0.2) is 0 Å². The third-order valence-electron chi connectivity index (χ3n) is 2.28. The van der Waals surface area contributed by atoms with Crippen LogP contribution in [-0.2, 0) is 6.54 Å². The average molecular weight is 247 g/mol. The minimum atomic E-state index is -0.157. The smallest absolute Gasteiger partial charge is 0.270 e. The van der Waals surface area contributed by atoms with E-state index in [0.717, 1.165) is 10.6 Å². The van der Waals surface area contributed by atoms with E-state index in [9.17, 15) is 4.79 Å². The van der Waals surface area contributed by atoms with Gasteiger partial charge in [0.2, 0.25) is 0 Å². The molecule has 0 aliphatic carbocycles. The highest BCUT2D eigenvalue weighted by Gasteiger charge is 2.07. The predicted molar refractivity (Wildman–Crippen MR) is 69.3 cm³/mol. The number of carbonyl (C=O) groups is 1. The highest BCUT2D eigenvalue weighted by Crippen LogP contribution is 2.09. The molecule has 0 aliphatic rings. The van der Waals surface area contributed by atoms with E-state index < -0.39 is 0 Å². The first-order valence-corrected chi connectivity index (χ1v) is 6.12. The van der Waals surface area contributed by atoms with Gasteiger partial charge in [0.25, 0.3) is 5.91 Å². The van der Waals surface area contributed by atoms with Gasteiger partial charge < -0.3 is 10.6 Å². The number of carbonyl (C=O) groups excluding carboxylic acids is 1. The zero-order valence-corrected chi connectivity index (χ0v) is 10.3. The molecular weight excluding hydrogens is 234 g/mol. The van der Waals surface area contributed by atoms with Crippen LogP contribution in [0.25, 0.3) is 0 Å². The molecule has 88 valence electrons. The van der Waals surface area contributed by atoms with Crippen molar-refractivity contribution >= 4 is 22.9 Å². The molecule has 17 heavy (non-hydrogen) atoms. The third-order valence-corrected chi connectivity index (χ3v) is 3.16. The van der Waals surface area contributed by atoms with Crippen LogP contribution in [0.1, 0.15) is 15.4 Å². The van der Waals surface area contributed by atoms with Crippen LogP contribution < -0.4 is 10.6 Å². The molecule has 2 aromatic rings. The molecule has 2 aromatic heterocycles. The lowest BCUT2D eigenvalue weighted by molar-refractivity contribution is 0.0946. The Bertz CT molecular complexity index is 496. The van der Waals surface area contributed by atoms with E-state index in [1.807, 2.05) is 30.6 Å². The molecule has 0 saturated heterocycles. The molecule has 2 rings (SSSR count). The second-order valence-corrected chi connectivity index (χ2v) is 4.47. The summed E-state index contributed by atoms with van der Waals surface area (Å²) in [5, 5.41) is 7.80. The van der Waals surface area contributed by atoms with Gasteiger partial charge in [0, 0.05) is 23.8 Å². The van der Waals surface area contributed by atoms with Gasteiger partial charge in [-0.25, -0.2) is 0 Å². The van der Waals surface area contributed by atoms with Crippen molar-refractivity contribution in [2.24, 2.45) is 0 Å². The van der Waals surface area contributed by atoms with Crippen molar-refractivity contribution in [1.29, 1.82) is 0 Å².